The lowest BCUT2D eigenvalue weighted by Crippen LogP contribution is -2.31. The quantitative estimate of drug-likeness (QED) is 0.722. The molecule has 0 fully saturated rings. The van der Waals surface area contributed by atoms with Crippen LogP contribution in [0.15, 0.2) is 24.3 Å². The molecule has 0 radical (unpaired) electrons. The van der Waals surface area contributed by atoms with Gasteiger partial charge in [0, 0.05) is 13.6 Å². The van der Waals surface area contributed by atoms with E-state index in [0.717, 1.165) is 5.56 Å². The minimum Gasteiger partial charge on any atom is -0.465 e. The normalized spacial score (nSPS) is 9.76. The van der Waals surface area contributed by atoms with Gasteiger partial charge in [-0.2, -0.15) is 0 Å². The fraction of sp³-hybridized carbons (Fsp3) is 0.333. The number of benzene rings is 1. The summed E-state index contributed by atoms with van der Waals surface area (Å²) >= 11 is 0. The van der Waals surface area contributed by atoms with Crippen LogP contribution in [0.25, 0.3) is 0 Å². The number of nitrogens with one attached hydrogen (secondary N) is 2. The third-order valence-electron chi connectivity index (χ3n) is 2.30. The number of esters is 1. The molecule has 5 heteroatoms. The van der Waals surface area contributed by atoms with Crippen LogP contribution >= 0.6 is 0 Å². The van der Waals surface area contributed by atoms with Gasteiger partial charge in [0.2, 0.25) is 5.91 Å². The first-order chi connectivity index (χ1) is 8.19. The van der Waals surface area contributed by atoms with Crippen molar-refractivity contribution in [3.63, 3.8) is 0 Å². The molecule has 0 atom stereocenters. The fourth-order valence-corrected chi connectivity index (χ4v) is 1.38. The summed E-state index contributed by atoms with van der Waals surface area (Å²) in [4.78, 5) is 22.5. The van der Waals surface area contributed by atoms with Crippen LogP contribution in [0.2, 0.25) is 0 Å². The van der Waals surface area contributed by atoms with E-state index >= 15 is 0 Å². The lowest BCUT2D eigenvalue weighted by Gasteiger charge is -2.08. The Bertz CT molecular complexity index is 404. The fourth-order valence-electron chi connectivity index (χ4n) is 1.38. The van der Waals surface area contributed by atoms with Gasteiger partial charge in [-0.15, -0.1) is 0 Å². The molecular weight excluding hydrogens is 220 g/mol. The highest BCUT2D eigenvalue weighted by atomic mass is 16.5. The maximum atomic E-state index is 11.5. The van der Waals surface area contributed by atoms with E-state index in [0.29, 0.717) is 12.1 Å². The highest BCUT2D eigenvalue weighted by Gasteiger charge is 2.10. The summed E-state index contributed by atoms with van der Waals surface area (Å²) < 4.78 is 4.68. The van der Waals surface area contributed by atoms with Crippen LogP contribution < -0.4 is 10.6 Å². The molecule has 0 aliphatic heterocycles. The van der Waals surface area contributed by atoms with Gasteiger partial charge >= 0.3 is 5.97 Å². The molecule has 2 N–H and O–H groups in total. The number of hydrogen-bond donors (Lipinski definition) is 2. The Morgan fingerprint density at radius 2 is 2.00 bits per heavy atom. The lowest BCUT2D eigenvalue weighted by molar-refractivity contribution is -0.119. The van der Waals surface area contributed by atoms with Crippen molar-refractivity contribution < 1.29 is 14.3 Å². The predicted molar refractivity (Wildman–Crippen MR) is 63.6 cm³/mol. The van der Waals surface area contributed by atoms with Crippen LogP contribution in [0, 0.1) is 0 Å². The van der Waals surface area contributed by atoms with E-state index in [2.05, 4.69) is 15.4 Å². The van der Waals surface area contributed by atoms with Crippen LogP contribution in [0.4, 0.5) is 0 Å². The van der Waals surface area contributed by atoms with Crippen LogP contribution in [0.5, 0.6) is 0 Å². The van der Waals surface area contributed by atoms with Crippen molar-refractivity contribution in [1.29, 1.82) is 0 Å². The van der Waals surface area contributed by atoms with Gasteiger partial charge in [-0.25, -0.2) is 4.79 Å². The Hall–Kier alpha value is -1.88. The zero-order valence-electron chi connectivity index (χ0n) is 9.95. The first-order valence-corrected chi connectivity index (χ1v) is 5.26. The number of likely N-dealkylation sites (N-methyl/N-ethyl adjacent to an activating group) is 1. The van der Waals surface area contributed by atoms with E-state index in [1.807, 2.05) is 12.1 Å². The van der Waals surface area contributed by atoms with E-state index in [1.54, 1.807) is 19.2 Å². The summed E-state index contributed by atoms with van der Waals surface area (Å²) in [6.07, 6.45) is 0. The average Bonchev–Trinajstić information content (AvgIpc) is 2.38. The molecule has 0 spiro atoms. The number of carbonyl (C=O) groups is 2. The SMILES string of the molecule is CNC(=O)CNCc1ccccc1C(=O)OC. The molecule has 17 heavy (non-hydrogen) atoms. The molecule has 1 rings (SSSR count). The second-order valence-corrected chi connectivity index (χ2v) is 3.43. The Labute approximate surface area is 100 Å². The molecule has 92 valence electrons. The first kappa shape index (κ1) is 13.2. The molecule has 0 aromatic heterocycles. The van der Waals surface area contributed by atoms with Gasteiger partial charge in [0.1, 0.15) is 0 Å². The first-order valence-electron chi connectivity index (χ1n) is 5.26. The van der Waals surface area contributed by atoms with E-state index < -0.39 is 0 Å². The van der Waals surface area contributed by atoms with E-state index in [9.17, 15) is 9.59 Å². The number of carbonyl (C=O) groups excluding carboxylic acids is 2. The molecule has 0 unspecified atom stereocenters. The minimum absolute atomic E-state index is 0.0967. The average molecular weight is 236 g/mol. The zero-order valence-corrected chi connectivity index (χ0v) is 9.95. The van der Waals surface area contributed by atoms with Gasteiger partial charge in [-0.3, -0.25) is 4.79 Å². The minimum atomic E-state index is -0.373. The molecule has 0 heterocycles. The summed E-state index contributed by atoms with van der Waals surface area (Å²) in [5.74, 6) is -0.470. The van der Waals surface area contributed by atoms with Gasteiger partial charge in [-0.1, -0.05) is 18.2 Å². The van der Waals surface area contributed by atoms with E-state index in [1.165, 1.54) is 7.11 Å². The largest absolute Gasteiger partial charge is 0.465 e. The Morgan fingerprint density at radius 1 is 1.29 bits per heavy atom. The summed E-state index contributed by atoms with van der Waals surface area (Å²) in [6.45, 7) is 0.657. The third-order valence-corrected chi connectivity index (χ3v) is 2.30. The van der Waals surface area contributed by atoms with Crippen LogP contribution in [0.3, 0.4) is 0 Å². The highest BCUT2D eigenvalue weighted by molar-refractivity contribution is 5.91. The molecule has 1 amide bonds. The molecule has 0 saturated carbocycles. The van der Waals surface area contributed by atoms with Crippen LogP contribution in [-0.2, 0) is 16.1 Å². The van der Waals surface area contributed by atoms with Crippen LogP contribution in [-0.4, -0.2) is 32.6 Å². The number of methoxy groups -OCH3 is 1. The molecule has 1 aromatic carbocycles. The predicted octanol–water partition coefficient (Wildman–Crippen LogP) is 0.309. The van der Waals surface area contributed by atoms with Crippen LogP contribution in [0.1, 0.15) is 15.9 Å². The van der Waals surface area contributed by atoms with Gasteiger partial charge in [0.15, 0.2) is 0 Å². The Kier molecular flexibility index (Phi) is 5.16. The molecule has 0 bridgehead atoms. The Morgan fingerprint density at radius 3 is 2.65 bits per heavy atom. The number of hydrogen-bond acceptors (Lipinski definition) is 4. The Balaban J connectivity index is 2.64. The van der Waals surface area contributed by atoms with Crippen molar-refractivity contribution in [2.45, 2.75) is 6.54 Å². The molecule has 0 aliphatic rings. The van der Waals surface area contributed by atoms with Crippen molar-refractivity contribution >= 4 is 11.9 Å². The molecule has 0 saturated heterocycles. The molecular formula is C12H16N2O3. The number of rotatable bonds is 5. The van der Waals surface area contributed by atoms with Gasteiger partial charge in [-0.05, 0) is 11.6 Å². The van der Waals surface area contributed by atoms with E-state index in [-0.39, 0.29) is 18.4 Å². The molecule has 0 aliphatic carbocycles. The third kappa shape index (κ3) is 3.88. The topological polar surface area (TPSA) is 67.4 Å². The van der Waals surface area contributed by atoms with E-state index in [4.69, 9.17) is 0 Å². The van der Waals surface area contributed by atoms with Crippen molar-refractivity contribution in [2.24, 2.45) is 0 Å². The maximum absolute atomic E-state index is 11.5. The van der Waals surface area contributed by atoms with Gasteiger partial charge < -0.3 is 15.4 Å². The monoisotopic (exact) mass is 236 g/mol. The smallest absolute Gasteiger partial charge is 0.338 e. The van der Waals surface area contributed by atoms with Crippen molar-refractivity contribution in [3.05, 3.63) is 35.4 Å². The van der Waals surface area contributed by atoms with Crippen molar-refractivity contribution in [1.82, 2.24) is 10.6 Å². The summed E-state index contributed by atoms with van der Waals surface area (Å²) in [7, 11) is 2.92. The van der Waals surface area contributed by atoms with Gasteiger partial charge in [0.05, 0.1) is 19.2 Å². The second kappa shape index (κ2) is 6.65. The zero-order chi connectivity index (χ0) is 12.7. The lowest BCUT2D eigenvalue weighted by atomic mass is 10.1. The van der Waals surface area contributed by atoms with Crippen molar-refractivity contribution in [3.8, 4) is 0 Å². The number of amides is 1. The van der Waals surface area contributed by atoms with Crippen molar-refractivity contribution in [2.75, 3.05) is 20.7 Å². The number of ether oxygens (including phenoxy) is 1. The summed E-state index contributed by atoms with van der Waals surface area (Å²) in [5, 5.41) is 5.46. The molecule has 5 nitrogen and oxygen atoms in total. The maximum Gasteiger partial charge on any atom is 0.338 e. The molecule has 1 aromatic rings. The van der Waals surface area contributed by atoms with Gasteiger partial charge in [0.25, 0.3) is 0 Å². The summed E-state index contributed by atoms with van der Waals surface area (Å²) in [6, 6.07) is 7.13. The standard InChI is InChI=1S/C12H16N2O3/c1-13-11(15)8-14-7-9-5-3-4-6-10(9)12(16)17-2/h3-6,14H,7-8H2,1-2H3,(H,13,15). The highest BCUT2D eigenvalue weighted by Crippen LogP contribution is 2.09. The second-order valence-electron chi connectivity index (χ2n) is 3.43. The summed E-state index contributed by atoms with van der Waals surface area (Å²) in [5.41, 5.74) is 1.32.